The van der Waals surface area contributed by atoms with Gasteiger partial charge in [-0.3, -0.25) is 4.68 Å². The molecule has 0 spiro atoms. The quantitative estimate of drug-likeness (QED) is 0.895. The minimum absolute atomic E-state index is 0.196. The highest BCUT2D eigenvalue weighted by Gasteiger charge is 2.08. The van der Waals surface area contributed by atoms with Crippen LogP contribution >= 0.6 is 0 Å². The highest BCUT2D eigenvalue weighted by Crippen LogP contribution is 2.23. The van der Waals surface area contributed by atoms with Crippen LogP contribution in [0.2, 0.25) is 0 Å². The van der Waals surface area contributed by atoms with Crippen molar-refractivity contribution in [3.8, 4) is 11.1 Å². The van der Waals surface area contributed by atoms with Crippen molar-refractivity contribution < 1.29 is 4.39 Å². The minimum atomic E-state index is -0.196. The SMILES string of the molecule is CCn1cc(-c2ccc(CNC(C)C)cc2F)cn1. The fraction of sp³-hybridized carbons (Fsp3) is 0.400. The first-order valence-electron chi connectivity index (χ1n) is 6.64. The van der Waals surface area contributed by atoms with E-state index in [1.807, 2.05) is 25.3 Å². The number of benzene rings is 1. The van der Waals surface area contributed by atoms with Gasteiger partial charge in [-0.2, -0.15) is 5.10 Å². The van der Waals surface area contributed by atoms with Crippen molar-refractivity contribution in [2.45, 2.75) is 39.9 Å². The first kappa shape index (κ1) is 13.7. The van der Waals surface area contributed by atoms with Crippen LogP contribution in [0.25, 0.3) is 11.1 Å². The van der Waals surface area contributed by atoms with E-state index in [-0.39, 0.29) is 5.82 Å². The number of hydrogen-bond acceptors (Lipinski definition) is 2. The molecule has 3 nitrogen and oxygen atoms in total. The van der Waals surface area contributed by atoms with Crippen LogP contribution in [0.3, 0.4) is 0 Å². The van der Waals surface area contributed by atoms with Gasteiger partial charge in [0, 0.05) is 36.5 Å². The second-order valence-corrected chi connectivity index (χ2v) is 4.93. The molecule has 0 fully saturated rings. The molecule has 0 aliphatic carbocycles. The zero-order valence-corrected chi connectivity index (χ0v) is 11.7. The monoisotopic (exact) mass is 261 g/mol. The normalized spacial score (nSPS) is 11.2. The first-order chi connectivity index (χ1) is 9.10. The molecule has 1 aromatic heterocycles. The van der Waals surface area contributed by atoms with Crippen LogP contribution in [0.15, 0.2) is 30.6 Å². The summed E-state index contributed by atoms with van der Waals surface area (Å²) in [6.45, 7) is 7.63. The summed E-state index contributed by atoms with van der Waals surface area (Å²) in [5.74, 6) is -0.196. The summed E-state index contributed by atoms with van der Waals surface area (Å²) in [5, 5.41) is 7.45. The molecule has 4 heteroatoms. The Morgan fingerprint density at radius 3 is 2.74 bits per heavy atom. The summed E-state index contributed by atoms with van der Waals surface area (Å²) in [6, 6.07) is 5.76. The van der Waals surface area contributed by atoms with Crippen molar-refractivity contribution in [2.24, 2.45) is 0 Å². The van der Waals surface area contributed by atoms with Gasteiger partial charge in [-0.1, -0.05) is 26.0 Å². The van der Waals surface area contributed by atoms with Crippen LogP contribution in [0.5, 0.6) is 0 Å². The van der Waals surface area contributed by atoms with Crippen molar-refractivity contribution in [1.82, 2.24) is 15.1 Å². The van der Waals surface area contributed by atoms with Crippen molar-refractivity contribution in [3.05, 3.63) is 42.0 Å². The average molecular weight is 261 g/mol. The van der Waals surface area contributed by atoms with Gasteiger partial charge in [0.25, 0.3) is 0 Å². The lowest BCUT2D eigenvalue weighted by Crippen LogP contribution is -2.21. The molecule has 1 N–H and O–H groups in total. The Kier molecular flexibility index (Phi) is 4.32. The predicted molar refractivity (Wildman–Crippen MR) is 75.3 cm³/mol. The fourth-order valence-electron chi connectivity index (χ4n) is 1.90. The minimum Gasteiger partial charge on any atom is -0.310 e. The van der Waals surface area contributed by atoms with Crippen molar-refractivity contribution in [3.63, 3.8) is 0 Å². The summed E-state index contributed by atoms with van der Waals surface area (Å²) in [7, 11) is 0. The van der Waals surface area contributed by atoms with E-state index in [2.05, 4.69) is 24.3 Å². The molecule has 0 saturated heterocycles. The first-order valence-corrected chi connectivity index (χ1v) is 6.64. The molecule has 1 heterocycles. The maximum absolute atomic E-state index is 14.1. The second-order valence-electron chi connectivity index (χ2n) is 4.93. The van der Waals surface area contributed by atoms with Crippen LogP contribution < -0.4 is 5.32 Å². The third kappa shape index (κ3) is 3.41. The molecular weight excluding hydrogens is 241 g/mol. The van der Waals surface area contributed by atoms with Gasteiger partial charge in [0.05, 0.1) is 6.20 Å². The van der Waals surface area contributed by atoms with E-state index in [0.29, 0.717) is 18.2 Å². The molecule has 0 aliphatic heterocycles. The van der Waals surface area contributed by atoms with E-state index < -0.39 is 0 Å². The van der Waals surface area contributed by atoms with Gasteiger partial charge in [0.15, 0.2) is 0 Å². The summed E-state index contributed by atoms with van der Waals surface area (Å²) < 4.78 is 15.9. The maximum atomic E-state index is 14.1. The Bertz CT molecular complexity index is 546. The highest BCUT2D eigenvalue weighted by molar-refractivity contribution is 5.62. The Balaban J connectivity index is 2.19. The van der Waals surface area contributed by atoms with Crippen LogP contribution in [0.4, 0.5) is 4.39 Å². The van der Waals surface area contributed by atoms with Gasteiger partial charge in [0.1, 0.15) is 5.82 Å². The molecule has 1 aromatic carbocycles. The van der Waals surface area contributed by atoms with Gasteiger partial charge in [-0.25, -0.2) is 4.39 Å². The molecule has 0 amide bonds. The Morgan fingerprint density at radius 1 is 1.37 bits per heavy atom. The van der Waals surface area contributed by atoms with E-state index in [4.69, 9.17) is 0 Å². The number of halogens is 1. The molecule has 2 aromatic rings. The molecule has 0 bridgehead atoms. The summed E-state index contributed by atoms with van der Waals surface area (Å²) in [6.07, 6.45) is 3.57. The van der Waals surface area contributed by atoms with Crippen LogP contribution in [-0.2, 0) is 13.1 Å². The average Bonchev–Trinajstić information content (AvgIpc) is 2.85. The fourth-order valence-corrected chi connectivity index (χ4v) is 1.90. The largest absolute Gasteiger partial charge is 0.310 e. The van der Waals surface area contributed by atoms with Crippen LogP contribution in [-0.4, -0.2) is 15.8 Å². The van der Waals surface area contributed by atoms with Crippen molar-refractivity contribution in [2.75, 3.05) is 0 Å². The number of rotatable bonds is 5. The van der Waals surface area contributed by atoms with E-state index in [1.165, 1.54) is 0 Å². The van der Waals surface area contributed by atoms with Crippen LogP contribution in [0.1, 0.15) is 26.3 Å². The molecule has 0 saturated carbocycles. The number of aryl methyl sites for hydroxylation is 1. The molecule has 0 aliphatic rings. The number of aromatic nitrogens is 2. The topological polar surface area (TPSA) is 29.9 Å². The zero-order valence-electron chi connectivity index (χ0n) is 11.7. The maximum Gasteiger partial charge on any atom is 0.131 e. The Labute approximate surface area is 113 Å². The third-order valence-corrected chi connectivity index (χ3v) is 3.02. The highest BCUT2D eigenvalue weighted by atomic mass is 19.1. The summed E-state index contributed by atoms with van der Waals surface area (Å²) in [5.41, 5.74) is 2.38. The van der Waals surface area contributed by atoms with Crippen molar-refractivity contribution in [1.29, 1.82) is 0 Å². The van der Waals surface area contributed by atoms with E-state index in [1.54, 1.807) is 16.9 Å². The lowest BCUT2D eigenvalue weighted by atomic mass is 10.1. The standard InChI is InChI=1S/C15H20FN3/c1-4-19-10-13(9-18-19)14-6-5-12(7-15(14)16)8-17-11(2)3/h5-7,9-11,17H,4,8H2,1-3H3. The number of nitrogens with one attached hydrogen (secondary N) is 1. The van der Waals surface area contributed by atoms with Gasteiger partial charge >= 0.3 is 0 Å². The van der Waals surface area contributed by atoms with Crippen molar-refractivity contribution >= 4 is 0 Å². The zero-order chi connectivity index (χ0) is 13.8. The van der Waals surface area contributed by atoms with Gasteiger partial charge < -0.3 is 5.32 Å². The Morgan fingerprint density at radius 2 is 2.16 bits per heavy atom. The van der Waals surface area contributed by atoms with Gasteiger partial charge in [0.2, 0.25) is 0 Å². The number of nitrogens with zero attached hydrogens (tertiary/aromatic N) is 2. The van der Waals surface area contributed by atoms with E-state index in [0.717, 1.165) is 17.7 Å². The lowest BCUT2D eigenvalue weighted by molar-refractivity contribution is 0.582. The molecule has 102 valence electrons. The molecule has 0 atom stereocenters. The summed E-state index contributed by atoms with van der Waals surface area (Å²) >= 11 is 0. The number of hydrogen-bond donors (Lipinski definition) is 1. The Hall–Kier alpha value is -1.68. The molecular formula is C15H20FN3. The lowest BCUT2D eigenvalue weighted by Gasteiger charge is -2.09. The van der Waals surface area contributed by atoms with Crippen LogP contribution in [0, 0.1) is 5.82 Å². The third-order valence-electron chi connectivity index (χ3n) is 3.02. The summed E-state index contributed by atoms with van der Waals surface area (Å²) in [4.78, 5) is 0. The van der Waals surface area contributed by atoms with Gasteiger partial charge in [-0.15, -0.1) is 0 Å². The molecule has 2 rings (SSSR count). The molecule has 19 heavy (non-hydrogen) atoms. The smallest absolute Gasteiger partial charge is 0.131 e. The second kappa shape index (κ2) is 5.97. The van der Waals surface area contributed by atoms with Gasteiger partial charge in [-0.05, 0) is 18.6 Å². The van der Waals surface area contributed by atoms with E-state index >= 15 is 0 Å². The van der Waals surface area contributed by atoms with E-state index in [9.17, 15) is 4.39 Å². The predicted octanol–water partition coefficient (Wildman–Crippen LogP) is 3.21. The molecule has 0 radical (unpaired) electrons. The molecule has 0 unspecified atom stereocenters.